The molecule has 162 valence electrons. The fourth-order valence-corrected chi connectivity index (χ4v) is 4.83. The maximum Gasteiger partial charge on any atom is 0.236 e. The van der Waals surface area contributed by atoms with Crippen LogP contribution in [0.15, 0.2) is 54.6 Å². The van der Waals surface area contributed by atoms with Crippen molar-refractivity contribution >= 4 is 27.0 Å². The highest BCUT2D eigenvalue weighted by molar-refractivity contribution is 7.89. The molecule has 30 heavy (non-hydrogen) atoms. The van der Waals surface area contributed by atoms with Crippen LogP contribution in [-0.4, -0.2) is 72.2 Å². The molecule has 3 heterocycles. The second-order valence-corrected chi connectivity index (χ2v) is 9.63. The predicted molar refractivity (Wildman–Crippen MR) is 118 cm³/mol. The number of β-amino-alcohol motifs (C(OH)–C–C–N with tert-alkyl or cyclic N) is 1. The fourth-order valence-electron chi connectivity index (χ4n) is 3.82. The molecule has 1 aliphatic rings. The van der Waals surface area contributed by atoms with Crippen molar-refractivity contribution in [3.63, 3.8) is 0 Å². The summed E-state index contributed by atoms with van der Waals surface area (Å²) in [6.45, 7) is 3.97. The summed E-state index contributed by atoms with van der Waals surface area (Å²) >= 11 is 0. The molecule has 4 rings (SSSR count). The van der Waals surface area contributed by atoms with Gasteiger partial charge in [-0.25, -0.2) is 12.4 Å². The van der Waals surface area contributed by atoms with E-state index in [4.69, 9.17) is 0 Å². The number of likely N-dealkylation sites (N-methyl/N-ethyl adjacent to an activating group) is 1. The van der Waals surface area contributed by atoms with E-state index in [0.717, 1.165) is 36.1 Å². The normalized spacial score (nSPS) is 18.2. The minimum atomic E-state index is -3.10. The van der Waals surface area contributed by atoms with Crippen LogP contribution < -0.4 is 0 Å². The number of amides is 1. The number of fused-ring (bicyclic) bond motifs is 2. The number of aromatic nitrogens is 1. The lowest BCUT2D eigenvalue weighted by molar-refractivity contribution is -0.130. The van der Waals surface area contributed by atoms with Crippen molar-refractivity contribution in [3.05, 3.63) is 60.2 Å². The third kappa shape index (κ3) is 5.19. The third-order valence-corrected chi connectivity index (χ3v) is 6.56. The van der Waals surface area contributed by atoms with Crippen LogP contribution >= 0.6 is 0 Å². The first-order valence-electron chi connectivity index (χ1n) is 9.96. The van der Waals surface area contributed by atoms with Gasteiger partial charge in [0.05, 0.1) is 29.4 Å². The number of likely N-dealkylation sites (tertiary alicyclic amines) is 1. The summed E-state index contributed by atoms with van der Waals surface area (Å²) in [6, 6.07) is 17.3. The molecule has 0 radical (unpaired) electrons. The Morgan fingerprint density at radius 3 is 2.10 bits per heavy atom. The Morgan fingerprint density at radius 2 is 1.70 bits per heavy atom. The Balaban J connectivity index is 0.000000196. The van der Waals surface area contributed by atoms with E-state index in [2.05, 4.69) is 17.0 Å². The minimum Gasteiger partial charge on any atom is -0.392 e. The van der Waals surface area contributed by atoms with Crippen molar-refractivity contribution in [2.45, 2.75) is 25.5 Å². The van der Waals surface area contributed by atoms with E-state index in [9.17, 15) is 18.3 Å². The SMILES string of the molecule is CC(=O)N(C)C(CN1CCC(O)C1)c1ccccc1.CS(=O)(=O)n1c2ccc1cc2. The van der Waals surface area contributed by atoms with E-state index in [1.165, 1.54) is 10.2 Å². The lowest BCUT2D eigenvalue weighted by Gasteiger charge is -2.31. The first kappa shape index (κ1) is 22.3. The lowest BCUT2D eigenvalue weighted by Crippen LogP contribution is -2.38. The van der Waals surface area contributed by atoms with Crippen molar-refractivity contribution in [1.29, 1.82) is 0 Å². The second-order valence-electron chi connectivity index (χ2n) is 7.80. The highest BCUT2D eigenvalue weighted by Crippen LogP contribution is 2.23. The molecule has 8 heteroatoms. The summed E-state index contributed by atoms with van der Waals surface area (Å²) in [4.78, 5) is 15.7. The molecule has 2 atom stereocenters. The van der Waals surface area contributed by atoms with Gasteiger partial charge in [0.1, 0.15) is 0 Å². The topological polar surface area (TPSA) is 82.8 Å². The number of aliphatic hydroxyl groups is 1. The van der Waals surface area contributed by atoms with Gasteiger partial charge in [-0.2, -0.15) is 0 Å². The highest BCUT2D eigenvalue weighted by atomic mass is 32.2. The zero-order valence-electron chi connectivity index (χ0n) is 17.6. The highest BCUT2D eigenvalue weighted by Gasteiger charge is 2.26. The molecule has 0 saturated carbocycles. The molecule has 2 unspecified atom stereocenters. The van der Waals surface area contributed by atoms with E-state index < -0.39 is 10.0 Å². The number of hydrogen-bond donors (Lipinski definition) is 1. The molecule has 2 bridgehead atoms. The van der Waals surface area contributed by atoms with Crippen molar-refractivity contribution in [3.8, 4) is 0 Å². The van der Waals surface area contributed by atoms with E-state index in [1.807, 2.05) is 25.2 Å². The van der Waals surface area contributed by atoms with E-state index in [1.54, 1.807) is 36.1 Å². The van der Waals surface area contributed by atoms with Gasteiger partial charge < -0.3 is 10.0 Å². The van der Waals surface area contributed by atoms with Gasteiger partial charge in [0.25, 0.3) is 0 Å². The standard InChI is InChI=1S/C15H22N2O2.C7H7NO2S/c1-12(18)16(2)15(13-6-4-3-5-7-13)11-17-9-8-14(19)10-17;1-11(9,10)8-6-2-3-7(8)5-4-6/h3-7,14-15,19H,8-11H2,1-2H3;2-5H,1H3. The molecule has 0 spiro atoms. The molecule has 1 fully saturated rings. The number of benzene rings is 2. The van der Waals surface area contributed by atoms with Crippen molar-refractivity contribution in [1.82, 2.24) is 13.8 Å². The van der Waals surface area contributed by atoms with Gasteiger partial charge in [-0.15, -0.1) is 0 Å². The van der Waals surface area contributed by atoms with Crippen LogP contribution in [0, 0.1) is 0 Å². The van der Waals surface area contributed by atoms with Crippen LogP contribution in [0.5, 0.6) is 0 Å². The summed E-state index contributed by atoms with van der Waals surface area (Å²) in [6.07, 6.45) is 1.80. The quantitative estimate of drug-likeness (QED) is 0.669. The average molecular weight is 432 g/mol. The number of carbonyl (C=O) groups is 1. The molecule has 1 aliphatic heterocycles. The smallest absolute Gasteiger partial charge is 0.236 e. The Morgan fingerprint density at radius 1 is 1.13 bits per heavy atom. The molecule has 3 aromatic rings. The largest absolute Gasteiger partial charge is 0.392 e. The first-order chi connectivity index (χ1) is 14.2. The van der Waals surface area contributed by atoms with Crippen LogP contribution in [0.4, 0.5) is 0 Å². The molecule has 7 nitrogen and oxygen atoms in total. The fraction of sp³-hybridized carbons (Fsp3) is 0.409. The number of nitrogens with zero attached hydrogens (tertiary/aromatic N) is 3. The zero-order chi connectivity index (χ0) is 21.9. The maximum absolute atomic E-state index is 11.7. The van der Waals surface area contributed by atoms with Crippen LogP contribution in [0.25, 0.3) is 11.0 Å². The predicted octanol–water partition coefficient (Wildman–Crippen LogP) is 2.16. The van der Waals surface area contributed by atoms with Crippen LogP contribution in [0.2, 0.25) is 0 Å². The summed E-state index contributed by atoms with van der Waals surface area (Å²) < 4.78 is 23.5. The maximum atomic E-state index is 11.7. The van der Waals surface area contributed by atoms with E-state index in [0.29, 0.717) is 6.54 Å². The summed E-state index contributed by atoms with van der Waals surface area (Å²) in [5.41, 5.74) is 2.62. The molecule has 1 saturated heterocycles. The average Bonchev–Trinajstić information content (AvgIpc) is 3.42. The number of hydrogen-bond acceptors (Lipinski definition) is 5. The van der Waals surface area contributed by atoms with Gasteiger partial charge in [-0.1, -0.05) is 30.3 Å². The van der Waals surface area contributed by atoms with Crippen LogP contribution in [0.1, 0.15) is 24.9 Å². The number of aliphatic hydroxyl groups excluding tert-OH is 1. The number of rotatable bonds is 5. The van der Waals surface area contributed by atoms with Crippen LogP contribution in [-0.2, 0) is 14.8 Å². The van der Waals surface area contributed by atoms with Gasteiger partial charge in [-0.3, -0.25) is 9.69 Å². The summed E-state index contributed by atoms with van der Waals surface area (Å²) in [7, 11) is -1.26. The number of carbonyl (C=O) groups excluding carboxylic acids is 1. The van der Waals surface area contributed by atoms with Crippen molar-refractivity contribution in [2.24, 2.45) is 0 Å². The molecule has 2 aromatic heterocycles. The van der Waals surface area contributed by atoms with Gasteiger partial charge in [0.2, 0.25) is 15.9 Å². The minimum absolute atomic E-state index is 0.0454. The Labute approximate surface area is 177 Å². The van der Waals surface area contributed by atoms with E-state index >= 15 is 0 Å². The molecule has 0 aliphatic carbocycles. The Bertz CT molecular complexity index is 1020. The summed E-state index contributed by atoms with van der Waals surface area (Å²) in [5.74, 6) is 0.0635. The van der Waals surface area contributed by atoms with Gasteiger partial charge in [0, 0.05) is 33.6 Å². The molecule has 1 amide bonds. The monoisotopic (exact) mass is 431 g/mol. The Hall–Kier alpha value is -2.42. The van der Waals surface area contributed by atoms with Gasteiger partial charge in [-0.05, 0) is 36.2 Å². The molecule has 1 N–H and O–H groups in total. The van der Waals surface area contributed by atoms with Crippen LogP contribution in [0.3, 0.4) is 0 Å². The molecule has 1 aromatic carbocycles. The zero-order valence-corrected chi connectivity index (χ0v) is 18.4. The van der Waals surface area contributed by atoms with Gasteiger partial charge >= 0.3 is 0 Å². The second kappa shape index (κ2) is 9.16. The lowest BCUT2D eigenvalue weighted by atomic mass is 10.1. The third-order valence-electron chi connectivity index (χ3n) is 5.48. The van der Waals surface area contributed by atoms with E-state index in [-0.39, 0.29) is 18.1 Å². The van der Waals surface area contributed by atoms with Gasteiger partial charge in [0.15, 0.2) is 0 Å². The van der Waals surface area contributed by atoms with Crippen molar-refractivity contribution in [2.75, 3.05) is 32.9 Å². The summed E-state index contributed by atoms with van der Waals surface area (Å²) in [5, 5.41) is 9.61. The molecular weight excluding hydrogens is 402 g/mol. The van der Waals surface area contributed by atoms with Crippen molar-refractivity contribution < 1.29 is 18.3 Å². The Kier molecular flexibility index (Phi) is 6.80. The molecular formula is C22H29N3O4S. The first-order valence-corrected chi connectivity index (χ1v) is 11.8.